The van der Waals surface area contributed by atoms with Crippen molar-refractivity contribution >= 4 is 11.8 Å². The Hall–Kier alpha value is -2.35. The number of H-pyrrole nitrogens is 1. The lowest BCUT2D eigenvalue weighted by molar-refractivity contribution is 0.508. The number of nitrogens with zero attached hydrogens (tertiary/aromatic N) is 4. The van der Waals surface area contributed by atoms with Crippen LogP contribution in [-0.2, 0) is 6.54 Å². The summed E-state index contributed by atoms with van der Waals surface area (Å²) in [6.07, 6.45) is 0.861. The van der Waals surface area contributed by atoms with E-state index in [1.807, 2.05) is 45.0 Å². The number of hydrogen-bond donors (Lipinski definition) is 1. The van der Waals surface area contributed by atoms with Gasteiger partial charge < -0.3 is 4.42 Å². The fourth-order valence-corrected chi connectivity index (χ4v) is 3.15. The summed E-state index contributed by atoms with van der Waals surface area (Å²) < 4.78 is 7.41. The first kappa shape index (κ1) is 16.5. The maximum absolute atomic E-state index is 11.7. The Morgan fingerprint density at radius 3 is 2.75 bits per heavy atom. The molecule has 2 aromatic heterocycles. The van der Waals surface area contributed by atoms with Gasteiger partial charge in [-0.25, -0.2) is 9.89 Å². The summed E-state index contributed by atoms with van der Waals surface area (Å²) in [6, 6.07) is 7.92. The van der Waals surface area contributed by atoms with Crippen LogP contribution in [0.2, 0.25) is 0 Å². The Morgan fingerprint density at radius 2 is 2.04 bits per heavy atom. The van der Waals surface area contributed by atoms with Gasteiger partial charge in [0.25, 0.3) is 0 Å². The van der Waals surface area contributed by atoms with E-state index in [-0.39, 0.29) is 10.9 Å². The Morgan fingerprint density at radius 1 is 1.29 bits per heavy atom. The van der Waals surface area contributed by atoms with Crippen molar-refractivity contribution in [1.82, 2.24) is 25.0 Å². The number of nitrogens with one attached hydrogen (secondary N) is 1. The standard InChI is InChI=1S/C16H19N5O2S/c1-4-9-21-15(22)19-20-16(21)24-11(3)13-17-18-14(23-13)12-7-5-10(2)6-8-12/h5-8,11H,4,9H2,1-3H3,(H,19,22). The molecule has 0 saturated heterocycles. The lowest BCUT2D eigenvalue weighted by Crippen LogP contribution is -2.17. The van der Waals surface area contributed by atoms with E-state index in [2.05, 4.69) is 20.4 Å². The second-order valence-electron chi connectivity index (χ2n) is 5.53. The van der Waals surface area contributed by atoms with Crippen LogP contribution in [-0.4, -0.2) is 25.0 Å². The lowest BCUT2D eigenvalue weighted by atomic mass is 10.1. The van der Waals surface area contributed by atoms with E-state index in [1.54, 1.807) is 4.57 Å². The maximum Gasteiger partial charge on any atom is 0.343 e. The largest absolute Gasteiger partial charge is 0.419 e. The van der Waals surface area contributed by atoms with Crippen molar-refractivity contribution in [3.8, 4) is 11.5 Å². The molecule has 1 atom stereocenters. The van der Waals surface area contributed by atoms with Gasteiger partial charge in [0.1, 0.15) is 0 Å². The molecule has 0 fully saturated rings. The minimum absolute atomic E-state index is 0.109. The predicted octanol–water partition coefficient (Wildman–Crippen LogP) is 3.19. The van der Waals surface area contributed by atoms with Crippen molar-refractivity contribution in [2.45, 2.75) is 44.1 Å². The van der Waals surface area contributed by atoms with Gasteiger partial charge in [0, 0.05) is 12.1 Å². The summed E-state index contributed by atoms with van der Waals surface area (Å²) in [5.41, 5.74) is 1.87. The van der Waals surface area contributed by atoms with Gasteiger partial charge in [-0.1, -0.05) is 36.4 Å². The van der Waals surface area contributed by atoms with Crippen LogP contribution in [0, 0.1) is 6.92 Å². The SMILES string of the molecule is CCCn1c(SC(C)c2nnc(-c3ccc(C)cc3)o2)n[nH]c1=O. The van der Waals surface area contributed by atoms with Gasteiger partial charge in [-0.15, -0.1) is 15.3 Å². The molecule has 3 rings (SSSR count). The molecule has 0 aliphatic carbocycles. The molecule has 1 N–H and O–H groups in total. The number of rotatable bonds is 6. The number of aromatic nitrogens is 5. The first-order valence-electron chi connectivity index (χ1n) is 7.80. The van der Waals surface area contributed by atoms with Gasteiger partial charge in [-0.05, 0) is 32.4 Å². The Balaban J connectivity index is 1.78. The molecule has 0 radical (unpaired) electrons. The highest BCUT2D eigenvalue weighted by atomic mass is 32.2. The molecule has 3 aromatic rings. The van der Waals surface area contributed by atoms with E-state index >= 15 is 0 Å². The molecular weight excluding hydrogens is 326 g/mol. The van der Waals surface area contributed by atoms with Gasteiger partial charge in [-0.3, -0.25) is 4.57 Å². The first-order valence-corrected chi connectivity index (χ1v) is 8.68. The summed E-state index contributed by atoms with van der Waals surface area (Å²) in [5, 5.41) is 15.3. The van der Waals surface area contributed by atoms with Crippen LogP contribution in [0.15, 0.2) is 38.6 Å². The van der Waals surface area contributed by atoms with Crippen molar-refractivity contribution in [3.63, 3.8) is 0 Å². The molecule has 2 heterocycles. The molecule has 7 nitrogen and oxygen atoms in total. The van der Waals surface area contributed by atoms with Gasteiger partial charge in [0.15, 0.2) is 5.16 Å². The first-order chi connectivity index (χ1) is 11.6. The lowest BCUT2D eigenvalue weighted by Gasteiger charge is -2.07. The zero-order chi connectivity index (χ0) is 17.1. The third kappa shape index (κ3) is 3.43. The highest BCUT2D eigenvalue weighted by Crippen LogP contribution is 2.33. The molecule has 1 unspecified atom stereocenters. The molecule has 8 heteroatoms. The minimum Gasteiger partial charge on any atom is -0.419 e. The normalized spacial score (nSPS) is 12.5. The van der Waals surface area contributed by atoms with Crippen LogP contribution in [0.5, 0.6) is 0 Å². The minimum atomic E-state index is -0.197. The summed E-state index contributed by atoms with van der Waals surface area (Å²) in [5.74, 6) is 1.000. The molecule has 0 bridgehead atoms. The number of hydrogen-bond acceptors (Lipinski definition) is 6. The molecule has 126 valence electrons. The van der Waals surface area contributed by atoms with Crippen LogP contribution in [0.3, 0.4) is 0 Å². The fraction of sp³-hybridized carbons (Fsp3) is 0.375. The molecule has 0 saturated carbocycles. The molecule has 1 aromatic carbocycles. The molecular formula is C16H19N5O2S. The van der Waals surface area contributed by atoms with Gasteiger partial charge in [0.2, 0.25) is 11.8 Å². The Bertz CT molecular complexity index is 865. The molecule has 0 spiro atoms. The third-order valence-electron chi connectivity index (χ3n) is 3.54. The van der Waals surface area contributed by atoms with Crippen molar-refractivity contribution in [1.29, 1.82) is 0 Å². The second-order valence-corrected chi connectivity index (χ2v) is 6.84. The quantitative estimate of drug-likeness (QED) is 0.690. The van der Waals surface area contributed by atoms with Crippen molar-refractivity contribution < 1.29 is 4.42 Å². The molecule has 0 amide bonds. The fourth-order valence-electron chi connectivity index (χ4n) is 2.23. The molecule has 0 aliphatic rings. The average molecular weight is 345 g/mol. The van der Waals surface area contributed by atoms with E-state index in [0.29, 0.717) is 23.5 Å². The highest BCUT2D eigenvalue weighted by molar-refractivity contribution is 7.99. The Kier molecular flexibility index (Phi) is 4.84. The molecule has 24 heavy (non-hydrogen) atoms. The number of thioether (sulfide) groups is 1. The number of aryl methyl sites for hydroxylation is 1. The maximum atomic E-state index is 11.7. The zero-order valence-electron chi connectivity index (χ0n) is 13.8. The smallest absolute Gasteiger partial charge is 0.343 e. The van der Waals surface area contributed by atoms with E-state index < -0.39 is 0 Å². The van der Waals surface area contributed by atoms with Crippen LogP contribution < -0.4 is 5.69 Å². The highest BCUT2D eigenvalue weighted by Gasteiger charge is 2.19. The second kappa shape index (κ2) is 7.04. The van der Waals surface area contributed by atoms with Crippen LogP contribution in [0.1, 0.15) is 37.0 Å². The van der Waals surface area contributed by atoms with E-state index in [9.17, 15) is 4.79 Å². The summed E-state index contributed by atoms with van der Waals surface area (Å²) in [4.78, 5) is 11.7. The van der Waals surface area contributed by atoms with Gasteiger partial charge in [-0.2, -0.15) is 0 Å². The monoisotopic (exact) mass is 345 g/mol. The van der Waals surface area contributed by atoms with Crippen LogP contribution in [0.4, 0.5) is 0 Å². The van der Waals surface area contributed by atoms with E-state index in [4.69, 9.17) is 4.42 Å². The zero-order valence-corrected chi connectivity index (χ0v) is 14.6. The molecule has 0 aliphatic heterocycles. The summed E-state index contributed by atoms with van der Waals surface area (Å²) in [7, 11) is 0. The predicted molar refractivity (Wildman–Crippen MR) is 91.9 cm³/mol. The van der Waals surface area contributed by atoms with Crippen LogP contribution in [0.25, 0.3) is 11.5 Å². The Labute approximate surface area is 143 Å². The van der Waals surface area contributed by atoms with Crippen molar-refractivity contribution in [3.05, 3.63) is 46.2 Å². The van der Waals surface area contributed by atoms with Gasteiger partial charge in [0.05, 0.1) is 5.25 Å². The number of aromatic amines is 1. The van der Waals surface area contributed by atoms with Crippen molar-refractivity contribution in [2.75, 3.05) is 0 Å². The van der Waals surface area contributed by atoms with Crippen molar-refractivity contribution in [2.24, 2.45) is 0 Å². The summed E-state index contributed by atoms with van der Waals surface area (Å²) >= 11 is 1.42. The van der Waals surface area contributed by atoms with E-state index in [0.717, 1.165) is 12.0 Å². The topological polar surface area (TPSA) is 89.6 Å². The third-order valence-corrected chi connectivity index (χ3v) is 4.62. The number of benzene rings is 1. The average Bonchev–Trinajstić information content (AvgIpc) is 3.18. The summed E-state index contributed by atoms with van der Waals surface area (Å²) in [6.45, 7) is 6.62. The van der Waals surface area contributed by atoms with Gasteiger partial charge >= 0.3 is 5.69 Å². The van der Waals surface area contributed by atoms with Crippen LogP contribution >= 0.6 is 11.8 Å². The van der Waals surface area contributed by atoms with E-state index in [1.165, 1.54) is 17.3 Å².